The van der Waals surface area contributed by atoms with Gasteiger partial charge >= 0.3 is 0 Å². The predicted molar refractivity (Wildman–Crippen MR) is 113 cm³/mol. The van der Waals surface area contributed by atoms with Crippen LogP contribution >= 0.6 is 11.8 Å². The number of benzene rings is 2. The maximum atomic E-state index is 12.5. The summed E-state index contributed by atoms with van der Waals surface area (Å²) >= 11 is 1.40. The molecule has 3 rings (SSSR count). The minimum atomic E-state index is -0.314. The molecule has 0 saturated carbocycles. The molecule has 0 radical (unpaired) electrons. The van der Waals surface area contributed by atoms with E-state index >= 15 is 0 Å². The lowest BCUT2D eigenvalue weighted by molar-refractivity contribution is -0.115. The number of ether oxygens (including phenoxy) is 1. The molecular formula is C21H24N4O2S. The molecule has 3 aromatic rings. The molecule has 6 nitrogen and oxygen atoms in total. The molecule has 1 aromatic heterocycles. The molecular weight excluding hydrogens is 372 g/mol. The van der Waals surface area contributed by atoms with Gasteiger partial charge in [-0.15, -0.1) is 10.2 Å². The van der Waals surface area contributed by atoms with Crippen molar-refractivity contribution in [2.24, 2.45) is 0 Å². The number of nitrogens with zero attached hydrogens (tertiary/aromatic N) is 3. The molecule has 1 atom stereocenters. The molecule has 146 valence electrons. The summed E-state index contributed by atoms with van der Waals surface area (Å²) in [5, 5.41) is 12.1. The third kappa shape index (κ3) is 4.54. The van der Waals surface area contributed by atoms with Gasteiger partial charge in [0.2, 0.25) is 5.91 Å². The number of aromatic nitrogens is 3. The Kier molecular flexibility index (Phi) is 6.36. The van der Waals surface area contributed by atoms with Gasteiger partial charge < -0.3 is 10.1 Å². The second kappa shape index (κ2) is 8.93. The van der Waals surface area contributed by atoms with Gasteiger partial charge in [-0.05, 0) is 57.2 Å². The molecule has 1 unspecified atom stereocenters. The molecule has 1 N–H and O–H groups in total. The second-order valence-corrected chi connectivity index (χ2v) is 7.92. The van der Waals surface area contributed by atoms with Crippen molar-refractivity contribution in [2.45, 2.75) is 37.2 Å². The SMILES string of the molecule is COc1ccc(-c2nnc(SC(C)C(=O)Nc3ccccc3)n2C(C)C)cc1. The van der Waals surface area contributed by atoms with Gasteiger partial charge in [0.05, 0.1) is 12.4 Å². The van der Waals surface area contributed by atoms with Gasteiger partial charge in [0.25, 0.3) is 0 Å². The molecule has 0 spiro atoms. The summed E-state index contributed by atoms with van der Waals surface area (Å²) in [6.07, 6.45) is 0. The molecule has 0 aliphatic rings. The zero-order chi connectivity index (χ0) is 20.1. The van der Waals surface area contributed by atoms with Crippen molar-refractivity contribution in [3.8, 4) is 17.1 Å². The summed E-state index contributed by atoms with van der Waals surface area (Å²) in [6.45, 7) is 6.03. The Morgan fingerprint density at radius 1 is 1.04 bits per heavy atom. The van der Waals surface area contributed by atoms with E-state index in [0.29, 0.717) is 0 Å². The van der Waals surface area contributed by atoms with Gasteiger partial charge in [-0.25, -0.2) is 0 Å². The zero-order valence-corrected chi connectivity index (χ0v) is 17.2. The van der Waals surface area contributed by atoms with Crippen LogP contribution in [0.25, 0.3) is 11.4 Å². The first-order valence-electron chi connectivity index (χ1n) is 9.11. The van der Waals surface area contributed by atoms with E-state index in [4.69, 9.17) is 4.74 Å². The van der Waals surface area contributed by atoms with Gasteiger partial charge in [0.1, 0.15) is 5.75 Å². The number of anilines is 1. The highest BCUT2D eigenvalue weighted by Crippen LogP contribution is 2.31. The fraction of sp³-hybridized carbons (Fsp3) is 0.286. The Morgan fingerprint density at radius 2 is 1.71 bits per heavy atom. The van der Waals surface area contributed by atoms with Crippen LogP contribution in [0.4, 0.5) is 5.69 Å². The quantitative estimate of drug-likeness (QED) is 0.589. The molecule has 0 fully saturated rings. The lowest BCUT2D eigenvalue weighted by atomic mass is 10.2. The lowest BCUT2D eigenvalue weighted by Crippen LogP contribution is -2.23. The maximum Gasteiger partial charge on any atom is 0.237 e. The Morgan fingerprint density at radius 3 is 2.32 bits per heavy atom. The summed E-state index contributed by atoms with van der Waals surface area (Å²) in [6, 6.07) is 17.3. The summed E-state index contributed by atoms with van der Waals surface area (Å²) < 4.78 is 7.28. The first-order chi connectivity index (χ1) is 13.5. The molecule has 1 heterocycles. The number of rotatable bonds is 7. The molecule has 0 aliphatic heterocycles. The summed E-state index contributed by atoms with van der Waals surface area (Å²) in [5.74, 6) is 1.50. The van der Waals surface area contributed by atoms with Crippen molar-refractivity contribution in [1.82, 2.24) is 14.8 Å². The molecule has 2 aromatic carbocycles. The van der Waals surface area contributed by atoms with E-state index in [0.717, 1.165) is 28.0 Å². The van der Waals surface area contributed by atoms with E-state index in [2.05, 4.69) is 33.9 Å². The number of amides is 1. The first-order valence-corrected chi connectivity index (χ1v) is 9.99. The highest BCUT2D eigenvalue weighted by atomic mass is 32.2. The number of nitrogens with one attached hydrogen (secondary N) is 1. The van der Waals surface area contributed by atoms with Crippen LogP contribution in [0.3, 0.4) is 0 Å². The van der Waals surface area contributed by atoms with Crippen LogP contribution in [0.2, 0.25) is 0 Å². The Bertz CT molecular complexity index is 923. The summed E-state index contributed by atoms with van der Waals surface area (Å²) in [5.41, 5.74) is 1.74. The smallest absolute Gasteiger partial charge is 0.237 e. The van der Waals surface area contributed by atoms with E-state index in [-0.39, 0.29) is 17.2 Å². The van der Waals surface area contributed by atoms with Crippen molar-refractivity contribution < 1.29 is 9.53 Å². The monoisotopic (exact) mass is 396 g/mol. The first kappa shape index (κ1) is 19.9. The molecule has 0 bridgehead atoms. The molecule has 0 saturated heterocycles. The fourth-order valence-corrected chi connectivity index (χ4v) is 3.72. The molecule has 28 heavy (non-hydrogen) atoms. The second-order valence-electron chi connectivity index (χ2n) is 6.61. The van der Waals surface area contributed by atoms with Crippen molar-refractivity contribution in [1.29, 1.82) is 0 Å². The molecule has 1 amide bonds. The van der Waals surface area contributed by atoms with Crippen LogP contribution < -0.4 is 10.1 Å². The maximum absolute atomic E-state index is 12.5. The van der Waals surface area contributed by atoms with Crippen LogP contribution in [0.5, 0.6) is 5.75 Å². The van der Waals surface area contributed by atoms with Gasteiger partial charge in [-0.3, -0.25) is 9.36 Å². The van der Waals surface area contributed by atoms with Crippen molar-refractivity contribution >= 4 is 23.4 Å². The lowest BCUT2D eigenvalue weighted by Gasteiger charge is -2.16. The third-order valence-corrected chi connectivity index (χ3v) is 5.28. The topological polar surface area (TPSA) is 69.0 Å². The highest BCUT2D eigenvalue weighted by molar-refractivity contribution is 8.00. The van der Waals surface area contributed by atoms with E-state index < -0.39 is 0 Å². The van der Waals surface area contributed by atoms with E-state index in [9.17, 15) is 4.79 Å². The van der Waals surface area contributed by atoms with Crippen LogP contribution in [-0.2, 0) is 4.79 Å². The van der Waals surface area contributed by atoms with Gasteiger partial charge in [0.15, 0.2) is 11.0 Å². The number of carbonyl (C=O) groups is 1. The number of methoxy groups -OCH3 is 1. The Hall–Kier alpha value is -2.80. The van der Waals surface area contributed by atoms with Crippen LogP contribution in [0, 0.1) is 0 Å². The number of para-hydroxylation sites is 1. The van der Waals surface area contributed by atoms with Crippen LogP contribution in [-0.4, -0.2) is 33.0 Å². The van der Waals surface area contributed by atoms with Crippen molar-refractivity contribution in [3.63, 3.8) is 0 Å². The van der Waals surface area contributed by atoms with E-state index in [1.165, 1.54) is 11.8 Å². The van der Waals surface area contributed by atoms with Crippen LogP contribution in [0.15, 0.2) is 59.8 Å². The van der Waals surface area contributed by atoms with E-state index in [1.54, 1.807) is 7.11 Å². The minimum absolute atomic E-state index is 0.0690. The molecule has 7 heteroatoms. The average Bonchev–Trinajstić information content (AvgIpc) is 3.12. The average molecular weight is 397 g/mol. The predicted octanol–water partition coefficient (Wildman–Crippen LogP) is 4.65. The zero-order valence-electron chi connectivity index (χ0n) is 16.4. The van der Waals surface area contributed by atoms with Crippen LogP contribution in [0.1, 0.15) is 26.8 Å². The van der Waals surface area contributed by atoms with Crippen molar-refractivity contribution in [2.75, 3.05) is 12.4 Å². The number of carbonyl (C=O) groups excluding carboxylic acids is 1. The van der Waals surface area contributed by atoms with E-state index in [1.807, 2.05) is 61.5 Å². The molecule has 0 aliphatic carbocycles. The number of hydrogen-bond acceptors (Lipinski definition) is 5. The standard InChI is InChI=1S/C21H24N4O2S/c1-14(2)25-19(16-10-12-18(27-4)13-11-16)23-24-21(25)28-15(3)20(26)22-17-8-6-5-7-9-17/h5-15H,1-4H3,(H,22,26). The Labute approximate surface area is 169 Å². The van der Waals surface area contributed by atoms with Gasteiger partial charge in [-0.2, -0.15) is 0 Å². The summed E-state index contributed by atoms with van der Waals surface area (Å²) in [4.78, 5) is 12.5. The number of thioether (sulfide) groups is 1. The van der Waals surface area contributed by atoms with Gasteiger partial charge in [-0.1, -0.05) is 30.0 Å². The highest BCUT2D eigenvalue weighted by Gasteiger charge is 2.22. The largest absolute Gasteiger partial charge is 0.497 e. The Balaban J connectivity index is 1.79. The third-order valence-electron chi connectivity index (χ3n) is 4.22. The normalized spacial score (nSPS) is 12.0. The number of hydrogen-bond donors (Lipinski definition) is 1. The minimum Gasteiger partial charge on any atom is -0.497 e. The van der Waals surface area contributed by atoms with Gasteiger partial charge in [0, 0.05) is 17.3 Å². The summed E-state index contributed by atoms with van der Waals surface area (Å²) in [7, 11) is 1.64. The fourth-order valence-electron chi connectivity index (χ4n) is 2.74. The van der Waals surface area contributed by atoms with Crippen molar-refractivity contribution in [3.05, 3.63) is 54.6 Å².